The number of ether oxygens (including phenoxy) is 1. The summed E-state index contributed by atoms with van der Waals surface area (Å²) in [5.41, 5.74) is -0.352. The van der Waals surface area contributed by atoms with E-state index >= 15 is 0 Å². The lowest BCUT2D eigenvalue weighted by Crippen LogP contribution is -2.07. The van der Waals surface area contributed by atoms with E-state index in [1.807, 2.05) is 0 Å². The summed E-state index contributed by atoms with van der Waals surface area (Å²) in [5, 5.41) is 8.50. The van der Waals surface area contributed by atoms with Crippen LogP contribution >= 0.6 is 0 Å². The number of carbonyl (C=O) groups excluding carboxylic acids is 1. The highest BCUT2D eigenvalue weighted by atomic mass is 19.1. The Labute approximate surface area is 84.9 Å². The standard InChI is InChI=1S/C10H7F2NO2/c1-15-10(14)3-6-2-7(5-13)9(12)4-8(6)11/h2,4H,3H2,1H3. The van der Waals surface area contributed by atoms with Gasteiger partial charge >= 0.3 is 5.97 Å². The number of halogens is 2. The van der Waals surface area contributed by atoms with Gasteiger partial charge in [0.25, 0.3) is 0 Å². The smallest absolute Gasteiger partial charge is 0.310 e. The molecule has 0 heterocycles. The average Bonchev–Trinajstić information content (AvgIpc) is 2.21. The van der Waals surface area contributed by atoms with E-state index in [0.29, 0.717) is 6.07 Å². The molecule has 0 spiro atoms. The predicted molar refractivity (Wildman–Crippen MR) is 46.8 cm³/mol. The third kappa shape index (κ3) is 2.50. The zero-order valence-corrected chi connectivity index (χ0v) is 7.88. The van der Waals surface area contributed by atoms with Gasteiger partial charge in [-0.15, -0.1) is 0 Å². The third-order valence-corrected chi connectivity index (χ3v) is 1.82. The van der Waals surface area contributed by atoms with Gasteiger partial charge in [-0.2, -0.15) is 5.26 Å². The van der Waals surface area contributed by atoms with Crippen LogP contribution in [0.2, 0.25) is 0 Å². The highest BCUT2D eigenvalue weighted by Gasteiger charge is 2.12. The lowest BCUT2D eigenvalue weighted by atomic mass is 10.1. The summed E-state index contributed by atoms with van der Waals surface area (Å²) < 4.78 is 30.3. The van der Waals surface area contributed by atoms with Crippen LogP contribution in [0, 0.1) is 23.0 Å². The minimum Gasteiger partial charge on any atom is -0.469 e. The van der Waals surface area contributed by atoms with Gasteiger partial charge < -0.3 is 4.74 Å². The monoisotopic (exact) mass is 211 g/mol. The van der Waals surface area contributed by atoms with Crippen molar-refractivity contribution >= 4 is 5.97 Å². The van der Waals surface area contributed by atoms with Crippen molar-refractivity contribution in [3.63, 3.8) is 0 Å². The molecule has 0 saturated carbocycles. The number of esters is 1. The fraction of sp³-hybridized carbons (Fsp3) is 0.200. The Hall–Kier alpha value is -1.96. The quantitative estimate of drug-likeness (QED) is 0.697. The van der Waals surface area contributed by atoms with Gasteiger partial charge in [0.05, 0.1) is 19.1 Å². The normalized spacial score (nSPS) is 9.47. The fourth-order valence-electron chi connectivity index (χ4n) is 1.04. The Balaban J connectivity index is 3.09. The Morgan fingerprint density at radius 3 is 2.67 bits per heavy atom. The zero-order valence-electron chi connectivity index (χ0n) is 7.88. The van der Waals surface area contributed by atoms with Gasteiger partial charge in [0, 0.05) is 11.6 Å². The van der Waals surface area contributed by atoms with Crippen LogP contribution in [-0.2, 0) is 16.0 Å². The maximum absolute atomic E-state index is 13.1. The second-order valence-corrected chi connectivity index (χ2v) is 2.79. The molecular weight excluding hydrogens is 204 g/mol. The average molecular weight is 211 g/mol. The summed E-state index contributed by atoms with van der Waals surface area (Å²) in [4.78, 5) is 10.9. The summed E-state index contributed by atoms with van der Waals surface area (Å²) in [6.45, 7) is 0. The van der Waals surface area contributed by atoms with E-state index in [4.69, 9.17) is 5.26 Å². The highest BCUT2D eigenvalue weighted by molar-refractivity contribution is 5.72. The fourth-order valence-corrected chi connectivity index (χ4v) is 1.04. The minimum atomic E-state index is -0.941. The van der Waals surface area contributed by atoms with Gasteiger partial charge in [-0.25, -0.2) is 8.78 Å². The first kappa shape index (κ1) is 11.1. The van der Waals surface area contributed by atoms with Crippen molar-refractivity contribution in [1.82, 2.24) is 0 Å². The van der Waals surface area contributed by atoms with Crippen molar-refractivity contribution in [3.05, 3.63) is 34.9 Å². The summed E-state index contributed by atoms with van der Waals surface area (Å²) >= 11 is 0. The van der Waals surface area contributed by atoms with Gasteiger partial charge in [-0.3, -0.25) is 4.79 Å². The van der Waals surface area contributed by atoms with E-state index in [9.17, 15) is 13.6 Å². The highest BCUT2D eigenvalue weighted by Crippen LogP contribution is 2.15. The van der Waals surface area contributed by atoms with Crippen molar-refractivity contribution in [2.45, 2.75) is 6.42 Å². The van der Waals surface area contributed by atoms with E-state index < -0.39 is 17.6 Å². The number of carbonyl (C=O) groups is 1. The second-order valence-electron chi connectivity index (χ2n) is 2.79. The number of hydrogen-bond donors (Lipinski definition) is 0. The molecule has 0 fully saturated rings. The lowest BCUT2D eigenvalue weighted by molar-refractivity contribution is -0.139. The Bertz CT molecular complexity index is 438. The molecular formula is C10H7F2NO2. The van der Waals surface area contributed by atoms with Gasteiger partial charge in [0.15, 0.2) is 0 Å². The summed E-state index contributed by atoms with van der Waals surface area (Å²) in [5.74, 6) is -2.45. The Kier molecular flexibility index (Phi) is 3.34. The molecule has 0 atom stereocenters. The van der Waals surface area contributed by atoms with E-state index in [0.717, 1.165) is 13.2 Å². The van der Waals surface area contributed by atoms with Crippen molar-refractivity contribution in [3.8, 4) is 6.07 Å². The van der Waals surface area contributed by atoms with Gasteiger partial charge in [-0.1, -0.05) is 0 Å². The molecule has 0 aliphatic rings. The first-order valence-electron chi connectivity index (χ1n) is 4.03. The van der Waals surface area contributed by atoms with Crippen LogP contribution in [0.25, 0.3) is 0 Å². The molecule has 78 valence electrons. The summed E-state index contributed by atoms with van der Waals surface area (Å²) in [7, 11) is 1.16. The maximum Gasteiger partial charge on any atom is 0.310 e. The van der Waals surface area contributed by atoms with Crippen LogP contribution < -0.4 is 0 Å². The lowest BCUT2D eigenvalue weighted by Gasteiger charge is -2.03. The number of methoxy groups -OCH3 is 1. The molecule has 3 nitrogen and oxygen atoms in total. The predicted octanol–water partition coefficient (Wildman–Crippen LogP) is 1.55. The first-order chi connectivity index (χ1) is 7.08. The van der Waals surface area contributed by atoms with Crippen molar-refractivity contribution in [1.29, 1.82) is 5.26 Å². The molecule has 0 saturated heterocycles. The number of nitrogens with zero attached hydrogens (tertiary/aromatic N) is 1. The molecule has 0 amide bonds. The number of benzene rings is 1. The number of nitriles is 1. The maximum atomic E-state index is 13.1. The zero-order chi connectivity index (χ0) is 11.4. The van der Waals surface area contributed by atoms with Crippen molar-refractivity contribution in [2.75, 3.05) is 7.11 Å². The molecule has 0 aromatic heterocycles. The van der Waals surface area contributed by atoms with Crippen LogP contribution in [0.1, 0.15) is 11.1 Å². The van der Waals surface area contributed by atoms with Gasteiger partial charge in [0.2, 0.25) is 0 Å². The molecule has 0 N–H and O–H groups in total. The van der Waals surface area contributed by atoms with Crippen molar-refractivity contribution < 1.29 is 18.3 Å². The van der Waals surface area contributed by atoms with Crippen LogP contribution in [-0.4, -0.2) is 13.1 Å². The minimum absolute atomic E-state index is 0.0557. The van der Waals surface area contributed by atoms with Crippen LogP contribution in [0.3, 0.4) is 0 Å². The molecule has 0 aliphatic carbocycles. The van der Waals surface area contributed by atoms with Gasteiger partial charge in [0.1, 0.15) is 17.7 Å². The molecule has 1 aromatic carbocycles. The molecule has 0 bridgehead atoms. The largest absolute Gasteiger partial charge is 0.469 e. The first-order valence-corrected chi connectivity index (χ1v) is 4.03. The van der Waals surface area contributed by atoms with E-state index in [2.05, 4.69) is 4.74 Å². The van der Waals surface area contributed by atoms with Crippen LogP contribution in [0.15, 0.2) is 12.1 Å². The van der Waals surface area contributed by atoms with Crippen LogP contribution in [0.5, 0.6) is 0 Å². The topological polar surface area (TPSA) is 50.1 Å². The van der Waals surface area contributed by atoms with E-state index in [-0.39, 0.29) is 17.5 Å². The molecule has 1 aromatic rings. The third-order valence-electron chi connectivity index (χ3n) is 1.82. The second kappa shape index (κ2) is 4.51. The Morgan fingerprint density at radius 1 is 1.47 bits per heavy atom. The van der Waals surface area contributed by atoms with Crippen molar-refractivity contribution in [2.24, 2.45) is 0 Å². The van der Waals surface area contributed by atoms with Gasteiger partial charge in [-0.05, 0) is 6.07 Å². The molecule has 0 unspecified atom stereocenters. The van der Waals surface area contributed by atoms with Crippen LogP contribution in [0.4, 0.5) is 8.78 Å². The Morgan fingerprint density at radius 2 is 2.13 bits per heavy atom. The summed E-state index contributed by atoms with van der Waals surface area (Å²) in [6, 6.07) is 3.14. The molecule has 5 heteroatoms. The molecule has 0 aliphatic heterocycles. The molecule has 0 radical (unpaired) electrons. The summed E-state index contributed by atoms with van der Waals surface area (Å²) in [6.07, 6.45) is -0.322. The molecule has 15 heavy (non-hydrogen) atoms. The number of hydrogen-bond acceptors (Lipinski definition) is 3. The SMILES string of the molecule is COC(=O)Cc1cc(C#N)c(F)cc1F. The van der Waals surface area contributed by atoms with E-state index in [1.165, 1.54) is 0 Å². The van der Waals surface area contributed by atoms with E-state index in [1.54, 1.807) is 6.07 Å². The number of rotatable bonds is 2. The molecule has 1 rings (SSSR count).